The zero-order valence-electron chi connectivity index (χ0n) is 12.9. The third kappa shape index (κ3) is 6.28. The summed E-state index contributed by atoms with van der Waals surface area (Å²) in [6.07, 6.45) is 3.63. The normalized spacial score (nSPS) is 10.7. The van der Waals surface area contributed by atoms with Crippen molar-refractivity contribution >= 4 is 22.0 Å². The highest BCUT2D eigenvalue weighted by Crippen LogP contribution is 2.08. The molecule has 0 fully saturated rings. The van der Waals surface area contributed by atoms with E-state index in [9.17, 15) is 4.79 Å². The summed E-state index contributed by atoms with van der Waals surface area (Å²) in [5.41, 5.74) is 2.06. The summed E-state index contributed by atoms with van der Waals surface area (Å²) < 4.78 is 5.43. The van der Waals surface area contributed by atoms with Gasteiger partial charge in [-0.2, -0.15) is 0 Å². The second-order valence-corrected chi connectivity index (χ2v) is 5.68. The summed E-state index contributed by atoms with van der Waals surface area (Å²) in [5.74, 6) is 0. The number of amides is 1. The van der Waals surface area contributed by atoms with Crippen LogP contribution in [-0.2, 0) is 17.9 Å². The minimum absolute atomic E-state index is 0.285. The molecule has 0 aliphatic rings. The van der Waals surface area contributed by atoms with Gasteiger partial charge in [0.25, 0.3) is 0 Å². The smallest absolute Gasteiger partial charge is 0.410 e. The Bertz CT molecular complexity index is 614. The molecule has 3 nitrogen and oxygen atoms in total. The molecule has 4 heteroatoms. The van der Waals surface area contributed by atoms with Crippen LogP contribution in [0, 0.1) is 0 Å². The zero-order valence-corrected chi connectivity index (χ0v) is 14.5. The quantitative estimate of drug-likeness (QED) is 0.516. The van der Waals surface area contributed by atoms with Crippen molar-refractivity contribution in [3.05, 3.63) is 83.9 Å². The lowest BCUT2D eigenvalue weighted by atomic mass is 10.2. The van der Waals surface area contributed by atoms with Crippen molar-refractivity contribution in [2.75, 3.05) is 11.9 Å². The van der Waals surface area contributed by atoms with Gasteiger partial charge in [-0.25, -0.2) is 4.79 Å². The molecule has 23 heavy (non-hydrogen) atoms. The SMILES string of the molecule is O=C(OCc1ccccc1)N(CC=CCBr)Cc1ccccc1. The van der Waals surface area contributed by atoms with E-state index in [0.29, 0.717) is 13.1 Å². The maximum Gasteiger partial charge on any atom is 0.410 e. The van der Waals surface area contributed by atoms with E-state index < -0.39 is 0 Å². The van der Waals surface area contributed by atoms with E-state index >= 15 is 0 Å². The molecule has 1 amide bonds. The molecule has 0 radical (unpaired) electrons. The number of halogens is 1. The molecule has 0 N–H and O–H groups in total. The lowest BCUT2D eigenvalue weighted by molar-refractivity contribution is 0.0978. The molecular formula is C19H20BrNO2. The fourth-order valence-corrected chi connectivity index (χ4v) is 2.35. The molecule has 2 rings (SSSR count). The second kappa shape index (κ2) is 9.85. The largest absolute Gasteiger partial charge is 0.445 e. The minimum Gasteiger partial charge on any atom is -0.445 e. The molecule has 0 heterocycles. The number of rotatable bonds is 7. The summed E-state index contributed by atoms with van der Waals surface area (Å²) >= 11 is 3.34. The van der Waals surface area contributed by atoms with Crippen molar-refractivity contribution in [2.24, 2.45) is 0 Å². The van der Waals surface area contributed by atoms with Gasteiger partial charge in [0.2, 0.25) is 0 Å². The third-order valence-electron chi connectivity index (χ3n) is 3.26. The van der Waals surface area contributed by atoms with Crippen LogP contribution in [0.1, 0.15) is 11.1 Å². The first-order valence-electron chi connectivity index (χ1n) is 7.50. The van der Waals surface area contributed by atoms with Gasteiger partial charge in [-0.15, -0.1) is 0 Å². The second-order valence-electron chi connectivity index (χ2n) is 5.03. The third-order valence-corrected chi connectivity index (χ3v) is 3.63. The van der Waals surface area contributed by atoms with E-state index in [-0.39, 0.29) is 12.7 Å². The van der Waals surface area contributed by atoms with Gasteiger partial charge in [0.1, 0.15) is 6.61 Å². The average molecular weight is 374 g/mol. The highest BCUT2D eigenvalue weighted by molar-refractivity contribution is 9.09. The first kappa shape index (κ1) is 17.3. The van der Waals surface area contributed by atoms with Gasteiger partial charge in [0.05, 0.1) is 0 Å². The van der Waals surface area contributed by atoms with Crippen molar-refractivity contribution in [2.45, 2.75) is 13.2 Å². The van der Waals surface area contributed by atoms with Gasteiger partial charge in [-0.05, 0) is 11.1 Å². The van der Waals surface area contributed by atoms with Crippen LogP contribution in [0.5, 0.6) is 0 Å². The first-order chi connectivity index (χ1) is 11.3. The number of hydrogen-bond acceptors (Lipinski definition) is 2. The van der Waals surface area contributed by atoms with Gasteiger partial charge in [0, 0.05) is 18.4 Å². The standard InChI is InChI=1S/C19H20BrNO2/c20-13-7-8-14-21(15-17-9-3-1-4-10-17)19(22)23-16-18-11-5-2-6-12-18/h1-12H,13-16H2. The fourth-order valence-electron chi connectivity index (χ4n) is 2.08. The number of carbonyl (C=O) groups excluding carboxylic acids is 1. The highest BCUT2D eigenvalue weighted by atomic mass is 79.9. The number of benzene rings is 2. The molecule has 0 aromatic heterocycles. The molecule has 2 aromatic carbocycles. The van der Waals surface area contributed by atoms with Crippen molar-refractivity contribution < 1.29 is 9.53 Å². The lowest BCUT2D eigenvalue weighted by Crippen LogP contribution is -2.31. The van der Waals surface area contributed by atoms with Crippen LogP contribution in [0.4, 0.5) is 4.79 Å². The number of ether oxygens (including phenoxy) is 1. The summed E-state index contributed by atoms with van der Waals surface area (Å²) in [6.45, 7) is 1.34. The first-order valence-corrected chi connectivity index (χ1v) is 8.62. The molecule has 2 aromatic rings. The van der Waals surface area contributed by atoms with Crippen molar-refractivity contribution in [1.82, 2.24) is 4.90 Å². The van der Waals surface area contributed by atoms with Gasteiger partial charge in [-0.3, -0.25) is 0 Å². The molecule has 0 bridgehead atoms. The molecule has 0 saturated carbocycles. The van der Waals surface area contributed by atoms with Gasteiger partial charge >= 0.3 is 6.09 Å². The molecule has 120 valence electrons. The Labute approximate surface area is 145 Å². The fraction of sp³-hybridized carbons (Fsp3) is 0.211. The number of carbonyl (C=O) groups is 1. The molecule has 0 atom stereocenters. The Morgan fingerprint density at radius 2 is 1.57 bits per heavy atom. The van der Waals surface area contributed by atoms with Gasteiger partial charge < -0.3 is 9.64 Å². The van der Waals surface area contributed by atoms with E-state index in [1.54, 1.807) is 4.90 Å². The van der Waals surface area contributed by atoms with Crippen LogP contribution < -0.4 is 0 Å². The number of nitrogens with zero attached hydrogens (tertiary/aromatic N) is 1. The number of alkyl halides is 1. The van der Waals surface area contributed by atoms with Gasteiger partial charge in [-0.1, -0.05) is 88.7 Å². The van der Waals surface area contributed by atoms with Crippen LogP contribution in [0.2, 0.25) is 0 Å². The van der Waals surface area contributed by atoms with E-state index in [1.165, 1.54) is 0 Å². The van der Waals surface area contributed by atoms with E-state index in [2.05, 4.69) is 15.9 Å². The molecule has 0 spiro atoms. The van der Waals surface area contributed by atoms with Crippen LogP contribution in [0.15, 0.2) is 72.8 Å². The average Bonchev–Trinajstić information content (AvgIpc) is 2.61. The van der Waals surface area contributed by atoms with E-state index in [4.69, 9.17) is 4.74 Å². The minimum atomic E-state index is -0.308. The maximum atomic E-state index is 12.4. The molecule has 0 aliphatic heterocycles. The van der Waals surface area contributed by atoms with E-state index in [0.717, 1.165) is 16.5 Å². The topological polar surface area (TPSA) is 29.5 Å². The summed E-state index contributed by atoms with van der Waals surface area (Å²) in [4.78, 5) is 14.1. The monoisotopic (exact) mass is 373 g/mol. The van der Waals surface area contributed by atoms with Crippen LogP contribution in [-0.4, -0.2) is 22.9 Å². The Kier molecular flexibility index (Phi) is 7.40. The molecule has 0 saturated heterocycles. The number of allylic oxidation sites excluding steroid dienone is 1. The van der Waals surface area contributed by atoms with Crippen molar-refractivity contribution in [3.63, 3.8) is 0 Å². The van der Waals surface area contributed by atoms with Gasteiger partial charge in [0.15, 0.2) is 0 Å². The maximum absolute atomic E-state index is 12.4. The molecule has 0 unspecified atom stereocenters. The summed E-state index contributed by atoms with van der Waals surface area (Å²) in [7, 11) is 0. The zero-order chi connectivity index (χ0) is 16.3. The molecular weight excluding hydrogens is 354 g/mol. The summed E-state index contributed by atoms with van der Waals surface area (Å²) in [6, 6.07) is 19.6. The number of hydrogen-bond donors (Lipinski definition) is 0. The predicted molar refractivity (Wildman–Crippen MR) is 96.4 cm³/mol. The summed E-state index contributed by atoms with van der Waals surface area (Å²) in [5, 5.41) is 0.769. The Morgan fingerprint density at radius 1 is 0.957 bits per heavy atom. The van der Waals surface area contributed by atoms with Crippen LogP contribution >= 0.6 is 15.9 Å². The predicted octanol–water partition coefficient (Wildman–Crippen LogP) is 4.78. The van der Waals surface area contributed by atoms with Crippen LogP contribution in [0.25, 0.3) is 0 Å². The van der Waals surface area contributed by atoms with E-state index in [1.807, 2.05) is 72.8 Å². The Morgan fingerprint density at radius 3 is 2.17 bits per heavy atom. The highest BCUT2D eigenvalue weighted by Gasteiger charge is 2.14. The van der Waals surface area contributed by atoms with Crippen molar-refractivity contribution in [3.8, 4) is 0 Å². The Hall–Kier alpha value is -2.07. The van der Waals surface area contributed by atoms with Crippen molar-refractivity contribution in [1.29, 1.82) is 0 Å². The Balaban J connectivity index is 1.97. The molecule has 0 aliphatic carbocycles. The van der Waals surface area contributed by atoms with Crippen LogP contribution in [0.3, 0.4) is 0 Å². The lowest BCUT2D eigenvalue weighted by Gasteiger charge is -2.21.